The molecular weight excluding hydrogens is 398 g/mol. The number of carbonyl (C=O) groups excluding carboxylic acids is 1. The van der Waals surface area contributed by atoms with Gasteiger partial charge in [0.25, 0.3) is 5.69 Å². The van der Waals surface area contributed by atoms with Crippen molar-refractivity contribution in [2.45, 2.75) is 26.3 Å². The first-order valence-electron chi connectivity index (χ1n) is 9.21. The van der Waals surface area contributed by atoms with Crippen LogP contribution < -0.4 is 5.43 Å². The Morgan fingerprint density at radius 3 is 2.63 bits per heavy atom. The van der Waals surface area contributed by atoms with Crippen LogP contribution in [0.3, 0.4) is 0 Å². The van der Waals surface area contributed by atoms with E-state index in [1.54, 1.807) is 6.92 Å². The fraction of sp³-hybridized carbons (Fsp3) is 0.238. The van der Waals surface area contributed by atoms with E-state index in [0.717, 1.165) is 6.07 Å². The van der Waals surface area contributed by atoms with Crippen LogP contribution in [0.1, 0.15) is 18.2 Å². The first-order valence-corrected chi connectivity index (χ1v) is 9.21. The lowest BCUT2D eigenvalue weighted by molar-refractivity contribution is -0.384. The Morgan fingerprint density at radius 1 is 1.17 bits per heavy atom. The molecule has 1 aromatic heterocycles. The number of ether oxygens (including phenoxy) is 1. The van der Waals surface area contributed by atoms with E-state index in [1.807, 2.05) is 0 Å². The van der Waals surface area contributed by atoms with Crippen LogP contribution >= 0.6 is 0 Å². The second-order valence-electron chi connectivity index (χ2n) is 6.56. The lowest BCUT2D eigenvalue weighted by Gasteiger charge is -2.16. The van der Waals surface area contributed by atoms with Crippen molar-refractivity contribution in [2.75, 3.05) is 6.61 Å². The number of carbonyl (C=O) groups is 1. The molecule has 0 aliphatic heterocycles. The average molecular weight is 416 g/mol. The molecule has 3 aromatic rings. The van der Waals surface area contributed by atoms with Gasteiger partial charge in [-0.2, -0.15) is 0 Å². The third kappa shape index (κ3) is 4.35. The largest absolute Gasteiger partial charge is 0.465 e. The molecule has 0 spiro atoms. The Kier molecular flexibility index (Phi) is 6.20. The number of hydrogen-bond acceptors (Lipinski definition) is 5. The molecule has 156 valence electrons. The van der Waals surface area contributed by atoms with Crippen LogP contribution in [0.25, 0.3) is 10.9 Å². The van der Waals surface area contributed by atoms with Gasteiger partial charge in [0.1, 0.15) is 6.54 Å². The normalized spacial score (nSPS) is 10.9. The molecule has 0 fully saturated rings. The molecular formula is C21H18F2N2O5. The molecule has 0 bridgehead atoms. The highest BCUT2D eigenvalue weighted by Gasteiger charge is 2.17. The minimum atomic E-state index is -0.981. The molecule has 7 nitrogen and oxygen atoms in total. The topological polar surface area (TPSA) is 91.4 Å². The van der Waals surface area contributed by atoms with Crippen molar-refractivity contribution in [3.05, 3.63) is 85.7 Å². The van der Waals surface area contributed by atoms with Crippen molar-refractivity contribution in [3.8, 4) is 0 Å². The maximum atomic E-state index is 14.0. The first kappa shape index (κ1) is 21.1. The summed E-state index contributed by atoms with van der Waals surface area (Å²) in [6, 6.07) is 8.85. The first-order chi connectivity index (χ1) is 14.3. The molecule has 0 radical (unpaired) electrons. The standard InChI is InChI=1S/C21H18F2N2O5/c1-2-30-20(27)12-24-14(7-6-13-4-3-5-17(22)21(13)23)11-19(26)16-9-8-15(25(28)29)10-18(16)24/h3-5,8-11H,2,6-7,12H2,1H3. The smallest absolute Gasteiger partial charge is 0.325 e. The highest BCUT2D eigenvalue weighted by molar-refractivity contribution is 5.83. The van der Waals surface area contributed by atoms with Crippen LogP contribution in [0.2, 0.25) is 0 Å². The highest BCUT2D eigenvalue weighted by Crippen LogP contribution is 2.22. The Labute approximate surface area is 169 Å². The number of benzene rings is 2. The molecule has 0 atom stereocenters. The van der Waals surface area contributed by atoms with Crippen molar-refractivity contribution in [2.24, 2.45) is 0 Å². The van der Waals surface area contributed by atoms with E-state index in [0.29, 0.717) is 5.69 Å². The zero-order chi connectivity index (χ0) is 21.8. The zero-order valence-electron chi connectivity index (χ0n) is 16.1. The summed E-state index contributed by atoms with van der Waals surface area (Å²) in [5, 5.41) is 11.4. The maximum absolute atomic E-state index is 14.0. The van der Waals surface area contributed by atoms with Gasteiger partial charge in [0, 0.05) is 29.3 Å². The van der Waals surface area contributed by atoms with Gasteiger partial charge >= 0.3 is 5.97 Å². The molecule has 2 aromatic carbocycles. The van der Waals surface area contributed by atoms with Crippen LogP contribution in [0.15, 0.2) is 47.3 Å². The van der Waals surface area contributed by atoms with E-state index in [1.165, 1.54) is 41.0 Å². The number of nitrogens with zero attached hydrogens (tertiary/aromatic N) is 2. The minimum Gasteiger partial charge on any atom is -0.465 e. The van der Waals surface area contributed by atoms with E-state index in [4.69, 9.17) is 4.74 Å². The highest BCUT2D eigenvalue weighted by atomic mass is 19.2. The summed E-state index contributed by atoms with van der Waals surface area (Å²) >= 11 is 0. The van der Waals surface area contributed by atoms with E-state index in [-0.39, 0.29) is 48.1 Å². The third-order valence-electron chi connectivity index (χ3n) is 4.67. The number of nitro benzene ring substituents is 1. The molecule has 0 aliphatic rings. The summed E-state index contributed by atoms with van der Waals surface area (Å²) in [6.07, 6.45) is 0.167. The molecule has 0 saturated carbocycles. The molecule has 0 aliphatic carbocycles. The fourth-order valence-electron chi connectivity index (χ4n) is 3.26. The van der Waals surface area contributed by atoms with Gasteiger partial charge in [0.15, 0.2) is 17.1 Å². The van der Waals surface area contributed by atoms with E-state index < -0.39 is 28.0 Å². The summed E-state index contributed by atoms with van der Waals surface area (Å²) in [4.78, 5) is 35.2. The Morgan fingerprint density at radius 2 is 1.93 bits per heavy atom. The molecule has 30 heavy (non-hydrogen) atoms. The quantitative estimate of drug-likeness (QED) is 0.334. The monoisotopic (exact) mass is 416 g/mol. The number of non-ortho nitro benzene ring substituents is 1. The second kappa shape index (κ2) is 8.81. The number of hydrogen-bond donors (Lipinski definition) is 0. The Bertz CT molecular complexity index is 1190. The maximum Gasteiger partial charge on any atom is 0.325 e. The second-order valence-corrected chi connectivity index (χ2v) is 6.56. The molecule has 0 amide bonds. The summed E-state index contributed by atoms with van der Waals surface area (Å²) < 4.78 is 33.9. The number of fused-ring (bicyclic) bond motifs is 1. The SMILES string of the molecule is CCOC(=O)Cn1c(CCc2cccc(F)c2F)cc(=O)c2ccc([N+](=O)[O-])cc21. The molecule has 0 N–H and O–H groups in total. The number of rotatable bonds is 7. The van der Waals surface area contributed by atoms with Crippen molar-refractivity contribution in [3.63, 3.8) is 0 Å². The van der Waals surface area contributed by atoms with Crippen LogP contribution in [-0.4, -0.2) is 22.1 Å². The van der Waals surface area contributed by atoms with Crippen molar-refractivity contribution < 1.29 is 23.2 Å². The zero-order valence-corrected chi connectivity index (χ0v) is 16.1. The number of esters is 1. The third-order valence-corrected chi connectivity index (χ3v) is 4.67. The van der Waals surface area contributed by atoms with E-state index in [9.17, 15) is 28.5 Å². The number of aromatic nitrogens is 1. The summed E-state index contributed by atoms with van der Waals surface area (Å²) in [7, 11) is 0. The molecule has 9 heteroatoms. The number of pyridine rings is 1. The van der Waals surface area contributed by atoms with E-state index in [2.05, 4.69) is 0 Å². The van der Waals surface area contributed by atoms with Gasteiger partial charge in [-0.25, -0.2) is 8.78 Å². The molecule has 3 rings (SSSR count). The van der Waals surface area contributed by atoms with Crippen molar-refractivity contribution in [1.82, 2.24) is 4.57 Å². The molecule has 0 saturated heterocycles. The Hall–Kier alpha value is -3.62. The predicted octanol–water partition coefficient (Wildman–Crippen LogP) is 3.54. The average Bonchev–Trinajstić information content (AvgIpc) is 2.71. The minimum absolute atomic E-state index is 0.0618. The van der Waals surface area contributed by atoms with Gasteiger partial charge in [-0.3, -0.25) is 19.7 Å². The lowest BCUT2D eigenvalue weighted by Crippen LogP contribution is -2.21. The van der Waals surface area contributed by atoms with Crippen LogP contribution in [0.5, 0.6) is 0 Å². The van der Waals surface area contributed by atoms with Crippen LogP contribution in [0, 0.1) is 21.7 Å². The van der Waals surface area contributed by atoms with Gasteiger partial charge in [-0.15, -0.1) is 0 Å². The summed E-state index contributed by atoms with van der Waals surface area (Å²) in [5.41, 5.74) is 0.0241. The van der Waals surface area contributed by atoms with Gasteiger partial charge in [0.2, 0.25) is 0 Å². The van der Waals surface area contributed by atoms with Gasteiger partial charge in [-0.1, -0.05) is 12.1 Å². The van der Waals surface area contributed by atoms with Gasteiger partial charge in [-0.05, 0) is 37.5 Å². The number of halogens is 2. The lowest BCUT2D eigenvalue weighted by atomic mass is 10.0. The van der Waals surface area contributed by atoms with Gasteiger partial charge < -0.3 is 9.30 Å². The summed E-state index contributed by atoms with van der Waals surface area (Å²) in [5.74, 6) is -2.55. The predicted molar refractivity (Wildman–Crippen MR) is 105 cm³/mol. The fourth-order valence-corrected chi connectivity index (χ4v) is 3.26. The number of nitro groups is 1. The molecule has 0 unspecified atom stereocenters. The van der Waals surface area contributed by atoms with Crippen molar-refractivity contribution in [1.29, 1.82) is 0 Å². The Balaban J connectivity index is 2.11. The van der Waals surface area contributed by atoms with Crippen LogP contribution in [-0.2, 0) is 28.9 Å². The van der Waals surface area contributed by atoms with Gasteiger partial charge in [0.05, 0.1) is 17.0 Å². The van der Waals surface area contributed by atoms with Crippen LogP contribution in [0.4, 0.5) is 14.5 Å². The van der Waals surface area contributed by atoms with E-state index >= 15 is 0 Å². The van der Waals surface area contributed by atoms with Crippen molar-refractivity contribution >= 4 is 22.6 Å². The molecule has 1 heterocycles. The number of aryl methyl sites for hydroxylation is 2. The summed E-state index contributed by atoms with van der Waals surface area (Å²) in [6.45, 7) is 1.49.